The van der Waals surface area contributed by atoms with Crippen LogP contribution in [0.4, 0.5) is 0 Å². The van der Waals surface area contributed by atoms with Crippen molar-refractivity contribution in [1.29, 1.82) is 0 Å². The zero-order valence-electron chi connectivity index (χ0n) is 24.7. The second kappa shape index (κ2) is 17.1. The van der Waals surface area contributed by atoms with Crippen molar-refractivity contribution in [2.75, 3.05) is 26.4 Å². The average Bonchev–Trinajstić information content (AvgIpc) is 3.00. The summed E-state index contributed by atoms with van der Waals surface area (Å²) in [6.45, 7) is 9.52. The molecular weight excluding hydrogens is 528 g/mol. The Balaban J connectivity index is 0.000000230. The van der Waals surface area contributed by atoms with Gasteiger partial charge in [-0.2, -0.15) is 0 Å². The minimum Gasteiger partial charge on any atom is -0.504 e. The molecule has 0 saturated carbocycles. The lowest BCUT2D eigenvalue weighted by Gasteiger charge is -2.13. The highest BCUT2D eigenvalue weighted by Crippen LogP contribution is 2.39. The number of phenols is 2. The Bertz CT molecular complexity index is 1400. The monoisotopic (exact) mass is 568 g/mol. The van der Waals surface area contributed by atoms with E-state index in [9.17, 15) is 10.2 Å². The number of aromatic hydroxyl groups is 2. The molecule has 0 radical (unpaired) electrons. The Labute approximate surface area is 249 Å². The SMILES string of the molecule is CCOc1cc(C=Cc2ccccc2)cc(O)c1OCC.CCOc1cc(C=Cc2ccccc2)cc(OCC)c1O. The maximum absolute atomic E-state index is 10.1. The summed E-state index contributed by atoms with van der Waals surface area (Å²) in [5.41, 5.74) is 4.00. The van der Waals surface area contributed by atoms with Gasteiger partial charge >= 0.3 is 0 Å². The van der Waals surface area contributed by atoms with E-state index in [0.717, 1.165) is 22.3 Å². The maximum atomic E-state index is 10.1. The van der Waals surface area contributed by atoms with Crippen molar-refractivity contribution >= 4 is 24.3 Å². The third-order valence-electron chi connectivity index (χ3n) is 5.84. The van der Waals surface area contributed by atoms with E-state index in [4.69, 9.17) is 18.9 Å². The molecule has 0 aromatic heterocycles. The molecule has 4 rings (SSSR count). The van der Waals surface area contributed by atoms with Gasteiger partial charge in [0.1, 0.15) is 0 Å². The number of ether oxygens (including phenoxy) is 4. The first-order valence-corrected chi connectivity index (χ1v) is 14.2. The molecule has 220 valence electrons. The van der Waals surface area contributed by atoms with Crippen LogP contribution in [0.5, 0.6) is 34.5 Å². The van der Waals surface area contributed by atoms with Crippen LogP contribution in [0.15, 0.2) is 84.9 Å². The van der Waals surface area contributed by atoms with Crippen LogP contribution in [-0.2, 0) is 0 Å². The summed E-state index contributed by atoms with van der Waals surface area (Å²) < 4.78 is 21.9. The lowest BCUT2D eigenvalue weighted by Crippen LogP contribution is -1.99. The topological polar surface area (TPSA) is 77.4 Å². The van der Waals surface area contributed by atoms with E-state index in [2.05, 4.69) is 0 Å². The summed E-state index contributed by atoms with van der Waals surface area (Å²) >= 11 is 0. The Kier molecular flexibility index (Phi) is 12.9. The highest BCUT2D eigenvalue weighted by atomic mass is 16.5. The van der Waals surface area contributed by atoms with E-state index in [-0.39, 0.29) is 11.5 Å². The van der Waals surface area contributed by atoms with Gasteiger partial charge in [0.2, 0.25) is 11.5 Å². The number of rotatable bonds is 12. The molecule has 42 heavy (non-hydrogen) atoms. The Morgan fingerprint density at radius 1 is 0.476 bits per heavy atom. The summed E-state index contributed by atoms with van der Waals surface area (Å²) in [7, 11) is 0. The predicted octanol–water partition coefficient (Wildman–Crippen LogP) is 8.72. The number of hydrogen-bond acceptors (Lipinski definition) is 6. The third-order valence-corrected chi connectivity index (χ3v) is 5.84. The summed E-state index contributed by atoms with van der Waals surface area (Å²) in [5, 5.41) is 20.2. The smallest absolute Gasteiger partial charge is 0.203 e. The van der Waals surface area contributed by atoms with E-state index in [1.54, 1.807) is 18.2 Å². The molecule has 0 aliphatic carbocycles. The van der Waals surface area contributed by atoms with Gasteiger partial charge < -0.3 is 29.2 Å². The molecule has 0 atom stereocenters. The van der Waals surface area contributed by atoms with Crippen LogP contribution in [0.3, 0.4) is 0 Å². The van der Waals surface area contributed by atoms with Gasteiger partial charge in [0, 0.05) is 0 Å². The molecular formula is C36H40O6. The fraction of sp³-hybridized carbons (Fsp3) is 0.222. The van der Waals surface area contributed by atoms with Crippen molar-refractivity contribution in [3.05, 3.63) is 107 Å². The molecule has 0 saturated heterocycles. The molecule has 0 spiro atoms. The van der Waals surface area contributed by atoms with E-state index in [1.165, 1.54) is 0 Å². The highest BCUT2D eigenvalue weighted by molar-refractivity contribution is 5.73. The van der Waals surface area contributed by atoms with Crippen molar-refractivity contribution < 1.29 is 29.2 Å². The summed E-state index contributed by atoms with van der Waals surface area (Å²) in [4.78, 5) is 0. The first kappa shape index (κ1) is 31.7. The largest absolute Gasteiger partial charge is 0.504 e. The van der Waals surface area contributed by atoms with E-state index in [1.807, 2.05) is 119 Å². The lowest BCUT2D eigenvalue weighted by atomic mass is 10.1. The van der Waals surface area contributed by atoms with Crippen LogP contribution in [0, 0.1) is 0 Å². The molecule has 0 heterocycles. The van der Waals surface area contributed by atoms with E-state index in [0.29, 0.717) is 49.4 Å². The lowest BCUT2D eigenvalue weighted by molar-refractivity contribution is 0.275. The standard InChI is InChI=1S/2C18H20O3/c1-3-20-16-12-15(13-17(18(16)19)21-4-2)11-10-14-8-6-5-7-9-14;1-3-20-17-13-15(12-16(19)18(17)21-4-2)11-10-14-8-6-5-7-9-14/h2*5-13,19H,3-4H2,1-2H3. The molecule has 0 bridgehead atoms. The molecule has 0 fully saturated rings. The van der Waals surface area contributed by atoms with Gasteiger partial charge in [0.15, 0.2) is 23.0 Å². The van der Waals surface area contributed by atoms with Gasteiger partial charge in [0.25, 0.3) is 0 Å². The van der Waals surface area contributed by atoms with Crippen molar-refractivity contribution in [2.45, 2.75) is 27.7 Å². The van der Waals surface area contributed by atoms with Crippen LogP contribution in [-0.4, -0.2) is 36.6 Å². The Hall–Kier alpha value is -4.84. The highest BCUT2D eigenvalue weighted by Gasteiger charge is 2.12. The first-order valence-electron chi connectivity index (χ1n) is 14.2. The zero-order chi connectivity index (χ0) is 30.2. The Morgan fingerprint density at radius 3 is 1.31 bits per heavy atom. The van der Waals surface area contributed by atoms with E-state index < -0.39 is 0 Å². The summed E-state index contributed by atoms with van der Waals surface area (Å²) in [6.07, 6.45) is 7.91. The minimum atomic E-state index is 0.0514. The molecule has 0 amide bonds. The molecule has 4 aromatic carbocycles. The normalized spacial score (nSPS) is 10.8. The molecule has 0 unspecified atom stereocenters. The fourth-order valence-electron chi connectivity index (χ4n) is 4.00. The number of phenolic OH excluding ortho intramolecular Hbond substituents is 2. The molecule has 4 aromatic rings. The first-order chi connectivity index (χ1) is 20.5. The van der Waals surface area contributed by atoms with Gasteiger partial charge in [0.05, 0.1) is 26.4 Å². The number of hydrogen-bond donors (Lipinski definition) is 2. The maximum Gasteiger partial charge on any atom is 0.203 e. The quantitative estimate of drug-likeness (QED) is 0.166. The van der Waals surface area contributed by atoms with Crippen LogP contribution in [0.2, 0.25) is 0 Å². The van der Waals surface area contributed by atoms with Gasteiger partial charge in [-0.05, 0) is 74.2 Å². The van der Waals surface area contributed by atoms with Gasteiger partial charge in [-0.25, -0.2) is 0 Å². The van der Waals surface area contributed by atoms with Crippen molar-refractivity contribution in [2.24, 2.45) is 0 Å². The minimum absolute atomic E-state index is 0.0514. The summed E-state index contributed by atoms with van der Waals surface area (Å²) in [5.74, 6) is 1.99. The molecule has 0 aliphatic rings. The second-order valence-electron chi connectivity index (χ2n) is 8.95. The fourth-order valence-corrected chi connectivity index (χ4v) is 4.00. The van der Waals surface area contributed by atoms with Crippen molar-refractivity contribution in [3.8, 4) is 34.5 Å². The summed E-state index contributed by atoms with van der Waals surface area (Å²) in [6, 6.07) is 27.2. The average molecular weight is 569 g/mol. The van der Waals surface area contributed by atoms with Crippen LogP contribution in [0.1, 0.15) is 49.9 Å². The second-order valence-corrected chi connectivity index (χ2v) is 8.95. The third kappa shape index (κ3) is 9.66. The molecule has 6 heteroatoms. The van der Waals surface area contributed by atoms with Crippen LogP contribution >= 0.6 is 0 Å². The molecule has 2 N–H and O–H groups in total. The number of benzene rings is 4. The van der Waals surface area contributed by atoms with Crippen LogP contribution < -0.4 is 18.9 Å². The van der Waals surface area contributed by atoms with Crippen molar-refractivity contribution in [1.82, 2.24) is 0 Å². The van der Waals surface area contributed by atoms with Crippen LogP contribution in [0.25, 0.3) is 24.3 Å². The predicted molar refractivity (Wildman–Crippen MR) is 172 cm³/mol. The molecule has 6 nitrogen and oxygen atoms in total. The van der Waals surface area contributed by atoms with Gasteiger partial charge in [-0.1, -0.05) is 85.0 Å². The Morgan fingerprint density at radius 2 is 0.857 bits per heavy atom. The van der Waals surface area contributed by atoms with Gasteiger partial charge in [-0.3, -0.25) is 0 Å². The van der Waals surface area contributed by atoms with Crippen molar-refractivity contribution in [3.63, 3.8) is 0 Å². The molecule has 0 aliphatic heterocycles. The zero-order valence-corrected chi connectivity index (χ0v) is 24.7. The van der Waals surface area contributed by atoms with Gasteiger partial charge in [-0.15, -0.1) is 0 Å². The van der Waals surface area contributed by atoms with E-state index >= 15 is 0 Å².